The van der Waals surface area contributed by atoms with Crippen LogP contribution in [0.2, 0.25) is 0 Å². The number of carbonyl (C=O) groups excluding carboxylic acids is 2. The highest BCUT2D eigenvalue weighted by atomic mass is 31.2. The number of hydrogen-bond acceptors (Lipinski definition) is 7. The third kappa shape index (κ3) is 3.56. The van der Waals surface area contributed by atoms with Crippen molar-refractivity contribution in [1.29, 1.82) is 0 Å². The number of carbonyl (C=O) groups is 2. The Morgan fingerprint density at radius 2 is 1.60 bits per heavy atom. The van der Waals surface area contributed by atoms with Crippen molar-refractivity contribution in [1.82, 2.24) is 0 Å². The van der Waals surface area contributed by atoms with Crippen molar-refractivity contribution in [2.75, 3.05) is 19.8 Å². The van der Waals surface area contributed by atoms with E-state index in [4.69, 9.17) is 18.2 Å². The van der Waals surface area contributed by atoms with Gasteiger partial charge >= 0.3 is 13.6 Å². The maximum Gasteiger partial charge on any atom is 0.401 e. The smallest absolute Gasteiger partial charge is 0.401 e. The molecule has 1 aromatic heterocycles. The fourth-order valence-electron chi connectivity index (χ4n) is 1.47. The maximum absolute atomic E-state index is 12.4. The van der Waals surface area contributed by atoms with Gasteiger partial charge in [-0.25, -0.2) is 4.79 Å². The quantitative estimate of drug-likeness (QED) is 0.538. The summed E-state index contributed by atoms with van der Waals surface area (Å²) in [6.45, 7) is 5.02. The van der Waals surface area contributed by atoms with Gasteiger partial charge in [-0.3, -0.25) is 9.36 Å². The van der Waals surface area contributed by atoms with E-state index in [1.54, 1.807) is 20.8 Å². The highest BCUT2D eigenvalue weighted by Crippen LogP contribution is 2.51. The predicted octanol–water partition coefficient (Wildman–Crippen LogP) is 2.86. The van der Waals surface area contributed by atoms with Crippen molar-refractivity contribution >= 4 is 19.1 Å². The van der Waals surface area contributed by atoms with Crippen molar-refractivity contribution in [3.8, 4) is 0 Å². The van der Waals surface area contributed by atoms with Gasteiger partial charge in [0, 0.05) is 0 Å². The van der Waals surface area contributed by atoms with Gasteiger partial charge in [0.15, 0.2) is 0 Å². The summed E-state index contributed by atoms with van der Waals surface area (Å²) in [7, 11) is -3.99. The van der Waals surface area contributed by atoms with Crippen LogP contribution in [0.5, 0.6) is 0 Å². The molecule has 0 unspecified atom stereocenters. The van der Waals surface area contributed by atoms with Crippen LogP contribution in [0.1, 0.15) is 41.5 Å². The van der Waals surface area contributed by atoms with E-state index >= 15 is 0 Å². The topological polar surface area (TPSA) is 92.0 Å². The minimum atomic E-state index is -3.99. The summed E-state index contributed by atoms with van der Waals surface area (Å²) in [4.78, 5) is 23.9. The van der Waals surface area contributed by atoms with Crippen LogP contribution >= 0.6 is 7.60 Å². The Balaban J connectivity index is 3.11. The summed E-state index contributed by atoms with van der Waals surface area (Å²) in [6.07, 6.45) is 2.09. The van der Waals surface area contributed by atoms with E-state index in [0.717, 1.165) is 12.5 Å². The highest BCUT2D eigenvalue weighted by molar-refractivity contribution is 7.72. The number of ether oxygens (including phenoxy) is 1. The summed E-state index contributed by atoms with van der Waals surface area (Å²) in [5, 5.41) is 0. The second kappa shape index (κ2) is 7.38. The summed E-state index contributed by atoms with van der Waals surface area (Å²) < 4.78 is 31.9. The molecule has 0 fully saturated rings. The first kappa shape index (κ1) is 16.6. The molecule has 0 N–H and O–H groups in total. The summed E-state index contributed by atoms with van der Waals surface area (Å²) in [6, 6.07) is 0. The van der Waals surface area contributed by atoms with Gasteiger partial charge in [0.2, 0.25) is 0 Å². The van der Waals surface area contributed by atoms with Crippen LogP contribution in [0, 0.1) is 0 Å². The molecule has 7 nitrogen and oxygen atoms in total. The second-order valence-electron chi connectivity index (χ2n) is 3.56. The van der Waals surface area contributed by atoms with E-state index in [-0.39, 0.29) is 30.9 Å². The lowest BCUT2D eigenvalue weighted by atomic mass is 10.2. The van der Waals surface area contributed by atoms with Crippen LogP contribution in [-0.2, 0) is 18.3 Å². The van der Waals surface area contributed by atoms with Gasteiger partial charge < -0.3 is 18.2 Å². The van der Waals surface area contributed by atoms with Crippen molar-refractivity contribution in [3.63, 3.8) is 0 Å². The molecule has 0 saturated heterocycles. The molecule has 0 radical (unpaired) electrons. The monoisotopic (exact) mass is 304 g/mol. The molecular formula is C12H17O7P. The largest absolute Gasteiger partial charge is 0.471 e. The minimum absolute atomic E-state index is 0.0373. The summed E-state index contributed by atoms with van der Waals surface area (Å²) in [5.41, 5.74) is -1.19. The Bertz CT molecular complexity index is 510. The molecule has 1 aromatic rings. The summed E-state index contributed by atoms with van der Waals surface area (Å²) in [5.74, 6) is -0.732. The third-order valence-electron chi connectivity index (χ3n) is 2.23. The first-order valence-corrected chi connectivity index (χ1v) is 7.71. The molecule has 0 aliphatic heterocycles. The predicted molar refractivity (Wildman–Crippen MR) is 69.9 cm³/mol. The molecule has 0 spiro atoms. The minimum Gasteiger partial charge on any atom is -0.471 e. The summed E-state index contributed by atoms with van der Waals surface area (Å²) >= 11 is 0. The first-order chi connectivity index (χ1) is 9.50. The third-order valence-corrected chi connectivity index (χ3v) is 4.17. The fourth-order valence-corrected chi connectivity index (χ4v) is 2.93. The standard InChI is InChI=1S/C12H17O7P/c1-4-17-11(13)9-7-16-8-10(9)12(14)20(15,18-5-2)19-6-3/h7-8H,4-6H2,1-3H3. The molecule has 1 heterocycles. The van der Waals surface area contributed by atoms with Gasteiger partial charge in [0.05, 0.1) is 25.4 Å². The van der Waals surface area contributed by atoms with Crippen LogP contribution < -0.4 is 0 Å². The van der Waals surface area contributed by atoms with E-state index in [1.807, 2.05) is 0 Å². The van der Waals surface area contributed by atoms with E-state index < -0.39 is 19.1 Å². The van der Waals surface area contributed by atoms with E-state index in [1.165, 1.54) is 0 Å². The normalized spacial score (nSPS) is 11.3. The first-order valence-electron chi connectivity index (χ1n) is 6.17. The number of hydrogen-bond donors (Lipinski definition) is 0. The van der Waals surface area contributed by atoms with Crippen molar-refractivity contribution < 1.29 is 32.4 Å². The van der Waals surface area contributed by atoms with E-state index in [9.17, 15) is 14.2 Å². The van der Waals surface area contributed by atoms with E-state index in [0.29, 0.717) is 0 Å². The SMILES string of the molecule is CCOC(=O)c1cocc1C(=O)P(=O)(OCC)OCC. The van der Waals surface area contributed by atoms with Gasteiger partial charge in [0.25, 0.3) is 5.52 Å². The van der Waals surface area contributed by atoms with Crippen LogP contribution in [0.15, 0.2) is 16.9 Å². The molecule has 0 saturated carbocycles. The molecule has 0 amide bonds. The average molecular weight is 304 g/mol. The van der Waals surface area contributed by atoms with Crippen LogP contribution in [0.3, 0.4) is 0 Å². The molecule has 0 atom stereocenters. The Labute approximate surface area is 116 Å². The van der Waals surface area contributed by atoms with Crippen molar-refractivity contribution in [3.05, 3.63) is 23.7 Å². The van der Waals surface area contributed by atoms with Crippen LogP contribution in [-0.4, -0.2) is 31.3 Å². The maximum atomic E-state index is 12.4. The Morgan fingerprint density at radius 1 is 1.05 bits per heavy atom. The van der Waals surface area contributed by atoms with Gasteiger partial charge in [0.1, 0.15) is 18.1 Å². The molecule has 1 rings (SSSR count). The van der Waals surface area contributed by atoms with Gasteiger partial charge in [-0.2, -0.15) is 0 Å². The molecule has 0 bridgehead atoms. The molecule has 0 aliphatic carbocycles. The zero-order valence-electron chi connectivity index (χ0n) is 11.6. The van der Waals surface area contributed by atoms with Crippen LogP contribution in [0.4, 0.5) is 0 Å². The number of rotatable bonds is 8. The zero-order valence-corrected chi connectivity index (χ0v) is 12.5. The van der Waals surface area contributed by atoms with Crippen LogP contribution in [0.25, 0.3) is 0 Å². The Hall–Kier alpha value is -1.43. The lowest BCUT2D eigenvalue weighted by molar-refractivity contribution is 0.0523. The molecule has 20 heavy (non-hydrogen) atoms. The number of esters is 1. The molecule has 8 heteroatoms. The van der Waals surface area contributed by atoms with Gasteiger partial charge in [-0.1, -0.05) is 0 Å². The Kier molecular flexibility index (Phi) is 6.13. The number of furan rings is 1. The van der Waals surface area contributed by atoms with E-state index in [2.05, 4.69) is 0 Å². The average Bonchev–Trinajstić information content (AvgIpc) is 2.87. The van der Waals surface area contributed by atoms with Gasteiger partial charge in [-0.15, -0.1) is 0 Å². The molecular weight excluding hydrogens is 287 g/mol. The fraction of sp³-hybridized carbons (Fsp3) is 0.500. The zero-order chi connectivity index (χ0) is 15.2. The second-order valence-corrected chi connectivity index (χ2v) is 5.48. The molecule has 112 valence electrons. The molecule has 0 aromatic carbocycles. The molecule has 0 aliphatic rings. The lowest BCUT2D eigenvalue weighted by Gasteiger charge is -2.14. The highest BCUT2D eigenvalue weighted by Gasteiger charge is 2.38. The van der Waals surface area contributed by atoms with Gasteiger partial charge in [-0.05, 0) is 20.8 Å². The van der Waals surface area contributed by atoms with Crippen molar-refractivity contribution in [2.45, 2.75) is 20.8 Å². The Morgan fingerprint density at radius 3 is 2.10 bits per heavy atom. The van der Waals surface area contributed by atoms with Crippen molar-refractivity contribution in [2.24, 2.45) is 0 Å². The lowest BCUT2D eigenvalue weighted by Crippen LogP contribution is -2.12.